The Morgan fingerprint density at radius 2 is 0.939 bits per heavy atom. The monoisotopic (exact) mass is 710 g/mol. The summed E-state index contributed by atoms with van der Waals surface area (Å²) in [5.74, 6) is -0.912. The standard InChI is InChI=1S/C40H71O8P/c1-3-5-7-9-11-13-15-17-19-20-21-23-24-26-28-30-32-34-39(41)46-36-38(37-47-49(43,44)45)48-40(42)35-33-31-29-27-25-22-18-16-14-12-10-8-6-4-2/h10-13,16-19,38H,3-9,14-15,20-37H2,1-2H3,(H2,43,44,45)/b12-10+,13-11+,18-16+,19-17+/t38-/m1/s1. The van der Waals surface area contributed by atoms with Crippen molar-refractivity contribution < 1.29 is 37.9 Å². The number of allylic oxidation sites excluding steroid dienone is 8. The van der Waals surface area contributed by atoms with Gasteiger partial charge in [0.15, 0.2) is 6.10 Å². The number of hydrogen-bond donors (Lipinski definition) is 2. The first kappa shape index (κ1) is 47.0. The van der Waals surface area contributed by atoms with E-state index in [2.05, 4.69) is 67.0 Å². The largest absolute Gasteiger partial charge is 0.469 e. The van der Waals surface area contributed by atoms with Gasteiger partial charge in [-0.1, -0.05) is 140 Å². The molecule has 1 atom stereocenters. The van der Waals surface area contributed by atoms with Crippen molar-refractivity contribution in [3.63, 3.8) is 0 Å². The summed E-state index contributed by atoms with van der Waals surface area (Å²) in [7, 11) is -4.76. The van der Waals surface area contributed by atoms with Crippen molar-refractivity contribution in [3.05, 3.63) is 48.6 Å². The maximum absolute atomic E-state index is 12.4. The van der Waals surface area contributed by atoms with E-state index >= 15 is 0 Å². The maximum Gasteiger partial charge on any atom is 0.469 e. The van der Waals surface area contributed by atoms with Crippen LogP contribution >= 0.6 is 7.82 Å². The summed E-state index contributed by atoms with van der Waals surface area (Å²) in [5.41, 5.74) is 0. The van der Waals surface area contributed by atoms with Crippen LogP contribution < -0.4 is 0 Å². The Morgan fingerprint density at radius 1 is 0.531 bits per heavy atom. The molecule has 9 heteroatoms. The minimum atomic E-state index is -4.76. The van der Waals surface area contributed by atoms with Crippen molar-refractivity contribution in [1.29, 1.82) is 0 Å². The van der Waals surface area contributed by atoms with Crippen LogP contribution in [0.3, 0.4) is 0 Å². The number of esters is 2. The summed E-state index contributed by atoms with van der Waals surface area (Å²) in [4.78, 5) is 42.7. The Bertz CT molecular complexity index is 937. The second-order valence-corrected chi connectivity index (χ2v) is 14.1. The molecule has 0 aliphatic heterocycles. The van der Waals surface area contributed by atoms with E-state index < -0.39 is 32.5 Å². The summed E-state index contributed by atoms with van der Waals surface area (Å²) in [6, 6.07) is 0. The molecule has 0 bridgehead atoms. The topological polar surface area (TPSA) is 119 Å². The lowest BCUT2D eigenvalue weighted by molar-refractivity contribution is -0.161. The zero-order chi connectivity index (χ0) is 36.1. The second kappa shape index (κ2) is 35.8. The molecule has 0 amide bonds. The highest BCUT2D eigenvalue weighted by atomic mass is 31.2. The SMILES string of the molecule is CCCC/C=C/C/C=C/CCCCCCCC(=O)O[C@H](COC(=O)CCCCCCCCC/C=C/C/C=C/CCCCC)COP(=O)(O)O. The Kier molecular flexibility index (Phi) is 34.4. The van der Waals surface area contributed by atoms with E-state index in [4.69, 9.17) is 19.3 Å². The number of phosphoric acid groups is 1. The summed E-state index contributed by atoms with van der Waals surface area (Å²) in [6.45, 7) is 3.59. The molecule has 0 radical (unpaired) electrons. The predicted octanol–water partition coefficient (Wildman–Crippen LogP) is 11.6. The van der Waals surface area contributed by atoms with Crippen LogP contribution in [0, 0.1) is 0 Å². The number of hydrogen-bond acceptors (Lipinski definition) is 6. The average molecular weight is 711 g/mol. The van der Waals surface area contributed by atoms with E-state index in [1.165, 1.54) is 57.8 Å². The molecule has 0 aromatic heterocycles. The summed E-state index contributed by atoms with van der Waals surface area (Å²) in [6.07, 6.45) is 42.5. The van der Waals surface area contributed by atoms with Gasteiger partial charge in [-0.25, -0.2) is 4.57 Å². The number of ether oxygens (including phenoxy) is 2. The van der Waals surface area contributed by atoms with Crippen molar-refractivity contribution >= 4 is 19.8 Å². The second-order valence-electron chi connectivity index (χ2n) is 12.9. The third-order valence-electron chi connectivity index (χ3n) is 8.07. The van der Waals surface area contributed by atoms with E-state index in [-0.39, 0.29) is 19.4 Å². The molecule has 49 heavy (non-hydrogen) atoms. The Balaban J connectivity index is 3.99. The molecule has 0 unspecified atom stereocenters. The molecule has 0 aromatic rings. The zero-order valence-electron chi connectivity index (χ0n) is 31.1. The summed E-state index contributed by atoms with van der Waals surface area (Å²) < 4.78 is 26.3. The molecule has 0 fully saturated rings. The fourth-order valence-electron chi connectivity index (χ4n) is 5.12. The van der Waals surface area contributed by atoms with E-state index in [1.807, 2.05) is 0 Å². The molecular formula is C40H71O8P. The van der Waals surface area contributed by atoms with Crippen LogP contribution in [0.1, 0.15) is 174 Å². The van der Waals surface area contributed by atoms with Crippen LogP contribution in [0.15, 0.2) is 48.6 Å². The van der Waals surface area contributed by atoms with E-state index in [1.54, 1.807) is 0 Å². The van der Waals surface area contributed by atoms with Crippen molar-refractivity contribution in [1.82, 2.24) is 0 Å². The van der Waals surface area contributed by atoms with Crippen LogP contribution in [0.4, 0.5) is 0 Å². The van der Waals surface area contributed by atoms with Crippen LogP contribution in [-0.2, 0) is 28.2 Å². The lowest BCUT2D eigenvalue weighted by atomic mass is 10.1. The van der Waals surface area contributed by atoms with Gasteiger partial charge in [0.25, 0.3) is 0 Å². The number of phosphoric ester groups is 1. The van der Waals surface area contributed by atoms with Crippen molar-refractivity contribution in [2.24, 2.45) is 0 Å². The lowest BCUT2D eigenvalue weighted by Gasteiger charge is -2.18. The van der Waals surface area contributed by atoms with Crippen molar-refractivity contribution in [3.8, 4) is 0 Å². The van der Waals surface area contributed by atoms with Gasteiger partial charge < -0.3 is 19.3 Å². The number of carbonyl (C=O) groups is 2. The molecular weight excluding hydrogens is 639 g/mol. The van der Waals surface area contributed by atoms with Crippen LogP contribution in [-0.4, -0.2) is 41.0 Å². The first-order chi connectivity index (χ1) is 23.8. The average Bonchev–Trinajstić information content (AvgIpc) is 3.07. The number of unbranched alkanes of at least 4 members (excludes halogenated alkanes) is 17. The van der Waals surface area contributed by atoms with Gasteiger partial charge >= 0.3 is 19.8 Å². The molecule has 284 valence electrons. The maximum atomic E-state index is 12.4. The van der Waals surface area contributed by atoms with E-state index in [0.717, 1.165) is 77.0 Å². The van der Waals surface area contributed by atoms with Gasteiger partial charge in [-0.15, -0.1) is 0 Å². The molecule has 0 saturated heterocycles. The summed E-state index contributed by atoms with van der Waals surface area (Å²) >= 11 is 0. The molecule has 2 N–H and O–H groups in total. The van der Waals surface area contributed by atoms with Crippen molar-refractivity contribution in [2.75, 3.05) is 13.2 Å². The minimum Gasteiger partial charge on any atom is -0.462 e. The third-order valence-corrected chi connectivity index (χ3v) is 8.56. The molecule has 0 aliphatic rings. The minimum absolute atomic E-state index is 0.193. The lowest BCUT2D eigenvalue weighted by Crippen LogP contribution is -2.29. The van der Waals surface area contributed by atoms with Crippen LogP contribution in [0.2, 0.25) is 0 Å². The number of carbonyl (C=O) groups excluding carboxylic acids is 2. The Labute approximate surface area is 299 Å². The molecule has 8 nitrogen and oxygen atoms in total. The van der Waals surface area contributed by atoms with Gasteiger partial charge in [-0.2, -0.15) is 0 Å². The fourth-order valence-corrected chi connectivity index (χ4v) is 5.48. The quantitative estimate of drug-likeness (QED) is 0.0289. The first-order valence-electron chi connectivity index (χ1n) is 19.4. The summed E-state index contributed by atoms with van der Waals surface area (Å²) in [5, 5.41) is 0. The Hall–Kier alpha value is -1.99. The van der Waals surface area contributed by atoms with E-state index in [9.17, 15) is 14.2 Å². The predicted molar refractivity (Wildman–Crippen MR) is 202 cm³/mol. The Morgan fingerprint density at radius 3 is 1.41 bits per heavy atom. The zero-order valence-corrected chi connectivity index (χ0v) is 32.0. The molecule has 0 aromatic carbocycles. The van der Waals surface area contributed by atoms with E-state index in [0.29, 0.717) is 12.8 Å². The molecule has 0 spiro atoms. The molecule has 0 rings (SSSR count). The smallest absolute Gasteiger partial charge is 0.462 e. The van der Waals surface area contributed by atoms with Gasteiger partial charge in [0.05, 0.1) is 6.61 Å². The van der Waals surface area contributed by atoms with Gasteiger partial charge in [-0.3, -0.25) is 14.1 Å². The molecule has 0 saturated carbocycles. The molecule has 0 aliphatic carbocycles. The van der Waals surface area contributed by atoms with Crippen molar-refractivity contribution in [2.45, 2.75) is 180 Å². The highest BCUT2D eigenvalue weighted by Gasteiger charge is 2.22. The van der Waals surface area contributed by atoms with Crippen LogP contribution in [0.5, 0.6) is 0 Å². The van der Waals surface area contributed by atoms with Crippen LogP contribution in [0.25, 0.3) is 0 Å². The van der Waals surface area contributed by atoms with Gasteiger partial charge in [0, 0.05) is 12.8 Å². The molecule has 0 heterocycles. The van der Waals surface area contributed by atoms with Gasteiger partial charge in [0.2, 0.25) is 0 Å². The van der Waals surface area contributed by atoms with Gasteiger partial charge in [-0.05, 0) is 70.6 Å². The highest BCUT2D eigenvalue weighted by molar-refractivity contribution is 7.46. The third kappa shape index (κ3) is 38.7. The number of rotatable bonds is 35. The highest BCUT2D eigenvalue weighted by Crippen LogP contribution is 2.36. The van der Waals surface area contributed by atoms with Gasteiger partial charge in [0.1, 0.15) is 6.61 Å². The fraction of sp³-hybridized carbons (Fsp3) is 0.750. The first-order valence-corrected chi connectivity index (χ1v) is 21.0. The normalized spacial score (nSPS) is 13.0.